The van der Waals surface area contributed by atoms with Gasteiger partial charge in [0.25, 0.3) is 0 Å². The number of carbonyl (C=O) groups is 2. The SMILES string of the molecule is CCOC(=O)CCCCCc1ccc2c(c1)C=CC2C(=O)OC(C)(C)C. The zero-order chi connectivity index (χ0) is 19.2. The molecule has 4 nitrogen and oxygen atoms in total. The first-order valence-corrected chi connectivity index (χ1v) is 9.49. The molecule has 0 N–H and O–H groups in total. The highest BCUT2D eigenvalue weighted by Gasteiger charge is 2.28. The quantitative estimate of drug-likeness (QED) is 0.494. The Morgan fingerprint density at radius 2 is 1.88 bits per heavy atom. The van der Waals surface area contributed by atoms with Crippen LogP contribution in [0.4, 0.5) is 0 Å². The van der Waals surface area contributed by atoms with Crippen LogP contribution in [0.1, 0.15) is 76.0 Å². The van der Waals surface area contributed by atoms with E-state index in [2.05, 4.69) is 12.1 Å². The summed E-state index contributed by atoms with van der Waals surface area (Å²) >= 11 is 0. The van der Waals surface area contributed by atoms with Gasteiger partial charge in [0.15, 0.2) is 0 Å². The van der Waals surface area contributed by atoms with Crippen LogP contribution in [0.5, 0.6) is 0 Å². The first-order chi connectivity index (χ1) is 12.3. The largest absolute Gasteiger partial charge is 0.466 e. The molecule has 0 aromatic heterocycles. The lowest BCUT2D eigenvalue weighted by atomic mass is 9.97. The van der Waals surface area contributed by atoms with Crippen molar-refractivity contribution in [2.24, 2.45) is 0 Å². The summed E-state index contributed by atoms with van der Waals surface area (Å²) in [5.74, 6) is -0.606. The number of carbonyl (C=O) groups excluding carboxylic acids is 2. The van der Waals surface area contributed by atoms with E-state index in [1.165, 1.54) is 5.56 Å². The highest BCUT2D eigenvalue weighted by atomic mass is 16.6. The van der Waals surface area contributed by atoms with E-state index in [4.69, 9.17) is 9.47 Å². The minimum absolute atomic E-state index is 0.108. The minimum atomic E-state index is -0.475. The maximum absolute atomic E-state index is 12.3. The molecular weight excluding hydrogens is 328 g/mol. The van der Waals surface area contributed by atoms with Gasteiger partial charge < -0.3 is 9.47 Å². The van der Waals surface area contributed by atoms with Crippen LogP contribution >= 0.6 is 0 Å². The molecule has 0 bridgehead atoms. The van der Waals surface area contributed by atoms with Crippen molar-refractivity contribution in [3.05, 3.63) is 41.0 Å². The number of unbranched alkanes of at least 4 members (excludes halogenated alkanes) is 2. The normalized spacial score (nSPS) is 15.6. The lowest BCUT2D eigenvalue weighted by Gasteiger charge is -2.22. The predicted molar refractivity (Wildman–Crippen MR) is 103 cm³/mol. The van der Waals surface area contributed by atoms with Crippen LogP contribution in [0, 0.1) is 0 Å². The smallest absolute Gasteiger partial charge is 0.317 e. The summed E-state index contributed by atoms with van der Waals surface area (Å²) in [5, 5.41) is 0. The number of benzene rings is 1. The Hall–Kier alpha value is -2.10. The van der Waals surface area contributed by atoms with Crippen LogP contribution in [0.3, 0.4) is 0 Å². The summed E-state index contributed by atoms with van der Waals surface area (Å²) in [6, 6.07) is 6.29. The van der Waals surface area contributed by atoms with Crippen LogP contribution in [0.25, 0.3) is 6.08 Å². The molecule has 1 atom stereocenters. The lowest BCUT2D eigenvalue weighted by Crippen LogP contribution is -2.26. The topological polar surface area (TPSA) is 52.6 Å². The first-order valence-electron chi connectivity index (χ1n) is 9.49. The number of rotatable bonds is 8. The second-order valence-electron chi connectivity index (χ2n) is 7.70. The van der Waals surface area contributed by atoms with Crippen molar-refractivity contribution in [2.45, 2.75) is 71.3 Å². The van der Waals surface area contributed by atoms with E-state index in [1.54, 1.807) is 0 Å². The number of hydrogen-bond acceptors (Lipinski definition) is 4. The number of hydrogen-bond donors (Lipinski definition) is 0. The second kappa shape index (κ2) is 9.02. The van der Waals surface area contributed by atoms with Gasteiger partial charge in [0.1, 0.15) is 11.5 Å². The van der Waals surface area contributed by atoms with Gasteiger partial charge in [0, 0.05) is 6.42 Å². The number of ether oxygens (including phenoxy) is 2. The van der Waals surface area contributed by atoms with Crippen molar-refractivity contribution in [2.75, 3.05) is 6.61 Å². The Morgan fingerprint density at radius 3 is 2.58 bits per heavy atom. The molecule has 1 aliphatic carbocycles. The van der Waals surface area contributed by atoms with Gasteiger partial charge in [-0.1, -0.05) is 36.8 Å². The van der Waals surface area contributed by atoms with Crippen LogP contribution in [0.15, 0.2) is 24.3 Å². The number of aryl methyl sites for hydroxylation is 1. The molecule has 1 aromatic rings. The fourth-order valence-electron chi connectivity index (χ4n) is 3.09. The van der Waals surface area contributed by atoms with Gasteiger partial charge in [-0.25, -0.2) is 0 Å². The highest BCUT2D eigenvalue weighted by molar-refractivity contribution is 5.86. The molecule has 0 spiro atoms. The molecule has 0 fully saturated rings. The standard InChI is InChI=1S/C22H30O4/c1-5-25-20(23)10-8-6-7-9-16-11-13-18-17(15-16)12-14-19(18)21(24)26-22(2,3)4/h11-15,19H,5-10H2,1-4H3. The molecule has 0 amide bonds. The monoisotopic (exact) mass is 358 g/mol. The molecule has 1 unspecified atom stereocenters. The Morgan fingerprint density at radius 1 is 1.12 bits per heavy atom. The average Bonchev–Trinajstić information content (AvgIpc) is 2.96. The summed E-state index contributed by atoms with van der Waals surface area (Å²) in [4.78, 5) is 23.7. The summed E-state index contributed by atoms with van der Waals surface area (Å²) in [5.41, 5.74) is 2.90. The van der Waals surface area contributed by atoms with Gasteiger partial charge in [-0.15, -0.1) is 0 Å². The molecule has 0 saturated heterocycles. The maximum Gasteiger partial charge on any atom is 0.317 e. The van der Waals surface area contributed by atoms with E-state index in [0.717, 1.165) is 36.8 Å². The highest BCUT2D eigenvalue weighted by Crippen LogP contribution is 2.33. The molecule has 26 heavy (non-hydrogen) atoms. The fourth-order valence-corrected chi connectivity index (χ4v) is 3.09. The molecule has 2 rings (SSSR count). The van der Waals surface area contributed by atoms with Crippen molar-refractivity contribution < 1.29 is 19.1 Å². The number of fused-ring (bicyclic) bond motifs is 1. The van der Waals surface area contributed by atoms with E-state index < -0.39 is 5.60 Å². The molecule has 142 valence electrons. The van der Waals surface area contributed by atoms with Crippen molar-refractivity contribution in [1.82, 2.24) is 0 Å². The molecule has 0 saturated carbocycles. The summed E-state index contributed by atoms with van der Waals surface area (Å²) in [6.45, 7) is 7.93. The van der Waals surface area contributed by atoms with E-state index in [1.807, 2.05) is 45.9 Å². The third kappa shape index (κ3) is 6.01. The Bertz CT molecular complexity index is 667. The molecule has 1 aromatic carbocycles. The van der Waals surface area contributed by atoms with Crippen molar-refractivity contribution in [1.29, 1.82) is 0 Å². The van der Waals surface area contributed by atoms with E-state index in [9.17, 15) is 9.59 Å². The van der Waals surface area contributed by atoms with Gasteiger partial charge >= 0.3 is 11.9 Å². The number of esters is 2. The summed E-state index contributed by atoms with van der Waals surface area (Å²) in [6.07, 6.45) is 8.31. The van der Waals surface area contributed by atoms with Crippen molar-refractivity contribution in [3.8, 4) is 0 Å². The van der Waals surface area contributed by atoms with E-state index in [0.29, 0.717) is 13.0 Å². The Kier molecular flexibility index (Phi) is 7.01. The second-order valence-corrected chi connectivity index (χ2v) is 7.70. The van der Waals surface area contributed by atoms with Gasteiger partial charge in [-0.2, -0.15) is 0 Å². The molecule has 0 radical (unpaired) electrons. The zero-order valence-corrected chi connectivity index (χ0v) is 16.3. The summed E-state index contributed by atoms with van der Waals surface area (Å²) < 4.78 is 10.4. The predicted octanol–water partition coefficient (Wildman–Crippen LogP) is 4.80. The zero-order valence-electron chi connectivity index (χ0n) is 16.3. The van der Waals surface area contributed by atoms with Crippen LogP contribution in [-0.4, -0.2) is 24.1 Å². The third-order valence-electron chi connectivity index (χ3n) is 4.27. The summed E-state index contributed by atoms with van der Waals surface area (Å²) in [7, 11) is 0. The van der Waals surface area contributed by atoms with Crippen molar-refractivity contribution >= 4 is 18.0 Å². The lowest BCUT2D eigenvalue weighted by molar-refractivity contribution is -0.155. The molecule has 4 heteroatoms. The van der Waals surface area contributed by atoms with E-state index >= 15 is 0 Å². The van der Waals surface area contributed by atoms with Gasteiger partial charge in [-0.3, -0.25) is 9.59 Å². The molecule has 0 aliphatic heterocycles. The minimum Gasteiger partial charge on any atom is -0.466 e. The van der Waals surface area contributed by atoms with Gasteiger partial charge in [0.2, 0.25) is 0 Å². The van der Waals surface area contributed by atoms with Crippen LogP contribution < -0.4 is 0 Å². The molecule has 0 heterocycles. The van der Waals surface area contributed by atoms with Crippen LogP contribution in [-0.2, 0) is 25.5 Å². The Balaban J connectivity index is 1.83. The molecule has 1 aliphatic rings. The third-order valence-corrected chi connectivity index (χ3v) is 4.27. The molecular formula is C22H30O4. The van der Waals surface area contributed by atoms with Crippen molar-refractivity contribution in [3.63, 3.8) is 0 Å². The Labute approximate surface area is 156 Å². The average molecular weight is 358 g/mol. The maximum atomic E-state index is 12.3. The fraction of sp³-hybridized carbons (Fsp3) is 0.545. The van der Waals surface area contributed by atoms with Gasteiger partial charge in [0.05, 0.1) is 6.61 Å². The first kappa shape index (κ1) is 20.2. The van der Waals surface area contributed by atoms with E-state index in [-0.39, 0.29) is 17.9 Å². The van der Waals surface area contributed by atoms with Crippen LogP contribution in [0.2, 0.25) is 0 Å². The van der Waals surface area contributed by atoms with Gasteiger partial charge in [-0.05, 0) is 63.6 Å².